The molecule has 15 atom stereocenters. The predicted octanol–water partition coefficient (Wildman–Crippen LogP) is -7.29. The van der Waals surface area contributed by atoms with Gasteiger partial charge in [-0.25, -0.2) is 0 Å². The quantitative estimate of drug-likeness (QED) is 0.167. The minimum atomic E-state index is -1.74. The Kier molecular flexibility index (Phi) is 8.99. The van der Waals surface area contributed by atoms with Gasteiger partial charge in [0, 0.05) is 18.6 Å². The molecule has 2 saturated heterocycles. The number of rotatable bonds is 6. The minimum absolute atomic E-state index is 0.105. The van der Waals surface area contributed by atoms with Gasteiger partial charge in [0.25, 0.3) is 0 Å². The second-order valence-electron chi connectivity index (χ2n) is 8.79. The molecule has 0 unspecified atom stereocenters. The minimum Gasteiger partial charge on any atom is -0.394 e. The first-order valence-electron chi connectivity index (χ1n) is 10.8. The number of hydrogen-bond acceptors (Lipinski definition) is 15. The highest BCUT2D eigenvalue weighted by molar-refractivity contribution is 5.01. The average molecular weight is 485 g/mol. The molecule has 3 aliphatic rings. The normalized spacial score (nSPS) is 53.7. The fourth-order valence-corrected chi connectivity index (χ4v) is 4.37. The maximum absolute atomic E-state index is 10.7. The SMILES string of the molecule is NC[C@H]1O[C@H](O[C@@H]2[C@@H](O[C@@H]3O[C@H](CO)[C@@H](O)[C@H](O)[C@H]3O)[C@H](O)[C@@H](N)C[C@H]2N)[C@H](N)[C@@H](O)[C@@H]1O. The molecule has 0 bridgehead atoms. The van der Waals surface area contributed by atoms with E-state index in [9.17, 15) is 35.7 Å². The molecule has 1 saturated carbocycles. The van der Waals surface area contributed by atoms with Gasteiger partial charge in [-0.2, -0.15) is 0 Å². The third-order valence-corrected chi connectivity index (χ3v) is 6.48. The van der Waals surface area contributed by atoms with Crippen molar-refractivity contribution in [2.45, 2.75) is 98.2 Å². The summed E-state index contributed by atoms with van der Waals surface area (Å²) in [5.41, 5.74) is 23.7. The first-order valence-corrected chi connectivity index (χ1v) is 10.8. The molecule has 3 rings (SSSR count). The molecule has 0 aromatic carbocycles. The van der Waals surface area contributed by atoms with Gasteiger partial charge in [-0.3, -0.25) is 0 Å². The summed E-state index contributed by atoms with van der Waals surface area (Å²) in [7, 11) is 0. The summed E-state index contributed by atoms with van der Waals surface area (Å²) in [5, 5.41) is 70.7. The van der Waals surface area contributed by atoms with Crippen LogP contribution < -0.4 is 22.9 Å². The average Bonchev–Trinajstić information content (AvgIpc) is 2.79. The number of nitrogens with two attached hydrogens (primary N) is 4. The standard InChI is InChI=1S/C18H36N4O11/c19-2-6-10(25)12(27)8(22)17(30-6)32-15-5(21)1-4(20)9(24)16(15)33-18-14(29)13(28)11(26)7(3-23)31-18/h4-18,23-29H,1-3,19-22H2/t4-,5+,6+,7+,8+,9+,10+,11+,12+,13-,14+,15-,16-,17+,18-/m0/s1. The van der Waals surface area contributed by atoms with Crippen LogP contribution in [0.15, 0.2) is 0 Å². The zero-order valence-corrected chi connectivity index (χ0v) is 17.9. The van der Waals surface area contributed by atoms with E-state index in [1.165, 1.54) is 0 Å². The van der Waals surface area contributed by atoms with Crippen molar-refractivity contribution in [1.82, 2.24) is 0 Å². The summed E-state index contributed by atoms with van der Waals surface area (Å²) in [4.78, 5) is 0. The fraction of sp³-hybridized carbons (Fsp3) is 1.00. The van der Waals surface area contributed by atoms with E-state index in [0.717, 1.165) is 0 Å². The summed E-state index contributed by atoms with van der Waals surface area (Å²) >= 11 is 0. The van der Waals surface area contributed by atoms with E-state index >= 15 is 0 Å². The Balaban J connectivity index is 1.80. The van der Waals surface area contributed by atoms with Crippen LogP contribution in [0.5, 0.6) is 0 Å². The van der Waals surface area contributed by atoms with Crippen molar-refractivity contribution in [3.8, 4) is 0 Å². The molecule has 0 aromatic rings. The number of hydrogen-bond donors (Lipinski definition) is 11. The molecule has 0 spiro atoms. The Bertz CT molecular complexity index is 634. The Morgan fingerprint density at radius 3 is 1.85 bits per heavy atom. The van der Waals surface area contributed by atoms with E-state index in [0.29, 0.717) is 0 Å². The van der Waals surface area contributed by atoms with Gasteiger partial charge >= 0.3 is 0 Å². The fourth-order valence-electron chi connectivity index (χ4n) is 4.37. The second-order valence-corrected chi connectivity index (χ2v) is 8.79. The van der Waals surface area contributed by atoms with E-state index in [1.54, 1.807) is 0 Å². The molecule has 2 aliphatic heterocycles. The largest absolute Gasteiger partial charge is 0.394 e. The topological polar surface area (TPSA) is 283 Å². The van der Waals surface area contributed by atoms with Gasteiger partial charge in [-0.1, -0.05) is 0 Å². The Morgan fingerprint density at radius 2 is 1.24 bits per heavy atom. The van der Waals surface area contributed by atoms with Crippen LogP contribution in [0.1, 0.15) is 6.42 Å². The summed E-state index contributed by atoms with van der Waals surface area (Å²) in [6.45, 7) is -0.817. The number of aliphatic hydroxyl groups is 7. The van der Waals surface area contributed by atoms with E-state index in [2.05, 4.69) is 0 Å². The highest BCUT2D eigenvalue weighted by Gasteiger charge is 2.52. The van der Waals surface area contributed by atoms with Crippen LogP contribution in [0.2, 0.25) is 0 Å². The Labute approximate surface area is 189 Å². The van der Waals surface area contributed by atoms with Crippen LogP contribution in [-0.2, 0) is 18.9 Å². The lowest BCUT2D eigenvalue weighted by molar-refractivity contribution is -0.342. The van der Waals surface area contributed by atoms with Gasteiger partial charge in [-0.05, 0) is 6.42 Å². The third kappa shape index (κ3) is 5.32. The molecular weight excluding hydrogens is 448 g/mol. The second kappa shape index (κ2) is 11.0. The van der Waals surface area contributed by atoms with Crippen LogP contribution >= 0.6 is 0 Å². The highest BCUT2D eigenvalue weighted by atomic mass is 16.7. The van der Waals surface area contributed by atoms with Crippen molar-refractivity contribution in [2.24, 2.45) is 22.9 Å². The van der Waals surface area contributed by atoms with E-state index in [1.807, 2.05) is 0 Å². The zero-order valence-electron chi connectivity index (χ0n) is 17.9. The lowest BCUT2D eigenvalue weighted by Gasteiger charge is -2.48. The maximum Gasteiger partial charge on any atom is 0.187 e. The van der Waals surface area contributed by atoms with Crippen LogP contribution in [0.3, 0.4) is 0 Å². The lowest BCUT2D eigenvalue weighted by atomic mass is 9.84. The summed E-state index contributed by atoms with van der Waals surface area (Å²) in [6, 6.07) is -2.87. The van der Waals surface area contributed by atoms with Crippen molar-refractivity contribution >= 4 is 0 Å². The van der Waals surface area contributed by atoms with Gasteiger partial charge < -0.3 is 77.6 Å². The van der Waals surface area contributed by atoms with Crippen LogP contribution in [-0.4, -0.2) is 141 Å². The lowest BCUT2D eigenvalue weighted by Crippen LogP contribution is -2.69. The molecule has 1 aliphatic carbocycles. The van der Waals surface area contributed by atoms with Crippen molar-refractivity contribution in [1.29, 1.82) is 0 Å². The van der Waals surface area contributed by atoms with Crippen molar-refractivity contribution < 1.29 is 54.7 Å². The molecule has 2 heterocycles. The summed E-state index contributed by atoms with van der Waals surface area (Å²) < 4.78 is 22.5. The number of ether oxygens (including phenoxy) is 4. The molecule has 0 radical (unpaired) electrons. The molecule has 3 fully saturated rings. The van der Waals surface area contributed by atoms with E-state index in [-0.39, 0.29) is 13.0 Å². The highest BCUT2D eigenvalue weighted by Crippen LogP contribution is 2.31. The molecule has 15 nitrogen and oxygen atoms in total. The Morgan fingerprint density at radius 1 is 0.667 bits per heavy atom. The first-order chi connectivity index (χ1) is 15.5. The molecule has 194 valence electrons. The molecule has 15 N–H and O–H groups in total. The Hall–Kier alpha value is -0.600. The molecule has 33 heavy (non-hydrogen) atoms. The van der Waals surface area contributed by atoms with Gasteiger partial charge in [0.05, 0.1) is 18.8 Å². The van der Waals surface area contributed by atoms with Gasteiger partial charge in [0.15, 0.2) is 12.6 Å². The van der Waals surface area contributed by atoms with Gasteiger partial charge in [-0.15, -0.1) is 0 Å². The van der Waals surface area contributed by atoms with Crippen molar-refractivity contribution in [3.63, 3.8) is 0 Å². The van der Waals surface area contributed by atoms with Crippen molar-refractivity contribution in [2.75, 3.05) is 13.2 Å². The van der Waals surface area contributed by atoms with Crippen LogP contribution in [0.25, 0.3) is 0 Å². The summed E-state index contributed by atoms with van der Waals surface area (Å²) in [5.74, 6) is 0. The number of aliphatic hydroxyl groups excluding tert-OH is 7. The summed E-state index contributed by atoms with van der Waals surface area (Å²) in [6.07, 6.45) is -16.7. The van der Waals surface area contributed by atoms with Gasteiger partial charge in [0.1, 0.15) is 54.9 Å². The van der Waals surface area contributed by atoms with Crippen LogP contribution in [0, 0.1) is 0 Å². The van der Waals surface area contributed by atoms with Crippen LogP contribution in [0.4, 0.5) is 0 Å². The maximum atomic E-state index is 10.7. The monoisotopic (exact) mass is 484 g/mol. The smallest absolute Gasteiger partial charge is 0.187 e. The molecule has 0 aromatic heterocycles. The molecule has 15 heteroatoms. The molecular formula is C18H36N4O11. The molecule has 0 amide bonds. The van der Waals surface area contributed by atoms with E-state index < -0.39 is 98.4 Å². The van der Waals surface area contributed by atoms with Crippen molar-refractivity contribution in [3.05, 3.63) is 0 Å². The third-order valence-electron chi connectivity index (χ3n) is 6.48. The van der Waals surface area contributed by atoms with Gasteiger partial charge in [0.2, 0.25) is 0 Å². The first kappa shape index (κ1) is 27.0. The zero-order chi connectivity index (χ0) is 24.6. The van der Waals surface area contributed by atoms with E-state index in [4.69, 9.17) is 41.9 Å². The predicted molar refractivity (Wildman–Crippen MR) is 108 cm³/mol.